The van der Waals surface area contributed by atoms with Gasteiger partial charge in [-0.05, 0) is 0 Å². The molecular weight excluding hydrogens is 168 g/mol. The highest BCUT2D eigenvalue weighted by molar-refractivity contribution is 4.87. The molecule has 1 heterocycles. The van der Waals surface area contributed by atoms with Crippen LogP contribution in [0.3, 0.4) is 0 Å². The molecule has 0 aliphatic carbocycles. The van der Waals surface area contributed by atoms with Crippen molar-refractivity contribution in [2.24, 2.45) is 0 Å². The first-order valence-electron chi connectivity index (χ1n) is 4.01. The highest BCUT2D eigenvalue weighted by Crippen LogP contribution is 2.18. The Morgan fingerprint density at radius 2 is 1.67 bits per heavy atom. The van der Waals surface area contributed by atoms with Gasteiger partial charge in [-0.2, -0.15) is 0 Å². The molecule has 1 saturated heterocycles. The summed E-state index contributed by atoms with van der Waals surface area (Å²) in [4.78, 5) is 0. The Morgan fingerprint density at radius 3 is 2.17 bits per heavy atom. The monoisotopic (exact) mass is 182 g/mol. The van der Waals surface area contributed by atoms with Crippen LogP contribution in [0.5, 0.6) is 0 Å². The molecule has 1 fully saturated rings. The Bertz CT molecular complexity index is 177. The van der Waals surface area contributed by atoms with Crippen LogP contribution in [0.15, 0.2) is 0 Å². The lowest BCUT2D eigenvalue weighted by molar-refractivity contribution is -0.286. The number of hydrogen-bond acceptors (Lipinski definition) is 6. The summed E-state index contributed by atoms with van der Waals surface area (Å²) in [5, 5.41) is 45.0. The van der Waals surface area contributed by atoms with E-state index in [9.17, 15) is 0 Å². The molecule has 1 aliphatic heterocycles. The van der Waals surface area contributed by atoms with Gasteiger partial charge in [-0.15, -0.1) is 0 Å². The summed E-state index contributed by atoms with van der Waals surface area (Å²) in [6.45, 7) is -1.79. The zero-order valence-corrected chi connectivity index (χ0v) is 6.11. The van der Waals surface area contributed by atoms with Crippen LogP contribution in [0.25, 0.3) is 0 Å². The first-order chi connectivity index (χ1) is 5.95. The second kappa shape index (κ2) is 3.65. The molecule has 1 aliphatic rings. The van der Waals surface area contributed by atoms with E-state index in [1.807, 2.05) is 0 Å². The van der Waals surface area contributed by atoms with E-state index in [1.165, 1.54) is 0 Å². The highest BCUT2D eigenvalue weighted by atomic mass is 16.6. The maximum atomic E-state index is 9.17. The number of aliphatic hydroxyl groups is 5. The van der Waals surface area contributed by atoms with Crippen LogP contribution in [0.2, 0.25) is 0 Å². The minimum atomic E-state index is -1.79. The summed E-state index contributed by atoms with van der Waals surface area (Å²) in [5.41, 5.74) is 0. The molecule has 0 radical (unpaired) electrons. The second-order valence-corrected chi connectivity index (χ2v) is 2.61. The predicted octanol–water partition coefficient (Wildman–Crippen LogP) is -3.22. The van der Waals surface area contributed by atoms with Crippen molar-refractivity contribution < 1.29 is 31.6 Å². The van der Waals surface area contributed by atoms with E-state index >= 15 is 0 Å². The van der Waals surface area contributed by atoms with Crippen LogP contribution in [0.1, 0.15) is 1.37 Å². The van der Waals surface area contributed by atoms with Crippen molar-refractivity contribution >= 4 is 0 Å². The van der Waals surface area contributed by atoms with Crippen LogP contribution in [-0.4, -0.2) is 62.8 Å². The Balaban J connectivity index is 2.70. The van der Waals surface area contributed by atoms with Gasteiger partial charge in [0.2, 0.25) is 0 Å². The van der Waals surface area contributed by atoms with Gasteiger partial charge in [-0.3, -0.25) is 0 Å². The third-order valence-electron chi connectivity index (χ3n) is 1.77. The molecule has 0 aromatic carbocycles. The summed E-state index contributed by atoms with van der Waals surface area (Å²) >= 11 is 0. The number of rotatable bonds is 1. The maximum absolute atomic E-state index is 9.17. The van der Waals surface area contributed by atoms with Crippen LogP contribution in [0.4, 0.5) is 0 Å². The molecule has 0 amide bonds. The summed E-state index contributed by atoms with van der Waals surface area (Å²) in [6.07, 6.45) is -7.98. The average molecular weight is 182 g/mol. The summed E-state index contributed by atoms with van der Waals surface area (Å²) in [6, 6.07) is 0. The van der Waals surface area contributed by atoms with E-state index < -0.39 is 37.3 Å². The van der Waals surface area contributed by atoms with Crippen molar-refractivity contribution in [2.75, 3.05) is 6.58 Å². The predicted molar refractivity (Wildman–Crippen MR) is 36.0 cm³/mol. The lowest BCUT2D eigenvalue weighted by Crippen LogP contribution is -2.58. The SMILES string of the molecule is [3H]C(O)[C@H]1OC(O)[C@H](O)[C@@H](O)[C@@H]1O. The number of aliphatic hydroxyl groups excluding tert-OH is 5. The first-order valence-corrected chi connectivity index (χ1v) is 3.43. The standard InChI is InChI=1S/C6H12O6/c7-1-2-3(8)4(9)5(10)6(11)12-2/h2-11H,1H2/t2-,3-,4+,5-,6?/m1/s1/i1T/t1?,2-,3-,4+,5-,6?. The largest absolute Gasteiger partial charge is 0.394 e. The zero-order chi connectivity index (χ0) is 10.2. The van der Waals surface area contributed by atoms with Crippen molar-refractivity contribution in [2.45, 2.75) is 30.7 Å². The Labute approximate surface area is 70.0 Å². The van der Waals surface area contributed by atoms with E-state index in [0.29, 0.717) is 0 Å². The highest BCUT2D eigenvalue weighted by Gasteiger charge is 2.42. The van der Waals surface area contributed by atoms with Crippen molar-refractivity contribution in [3.05, 3.63) is 0 Å². The number of hydrogen-bond donors (Lipinski definition) is 5. The average Bonchev–Trinajstić information content (AvgIpc) is 2.07. The number of ether oxygens (including phenoxy) is 1. The molecule has 6 heteroatoms. The molecule has 5 N–H and O–H groups in total. The summed E-state index contributed by atoms with van der Waals surface area (Å²) in [7, 11) is 0. The fourth-order valence-electron chi connectivity index (χ4n) is 1.01. The fourth-order valence-corrected chi connectivity index (χ4v) is 1.01. The van der Waals surface area contributed by atoms with Crippen LogP contribution >= 0.6 is 0 Å². The molecule has 0 saturated carbocycles. The molecule has 6 atom stereocenters. The van der Waals surface area contributed by atoms with Gasteiger partial charge in [0.1, 0.15) is 24.4 Å². The summed E-state index contributed by atoms with van der Waals surface area (Å²) in [5.74, 6) is 0. The van der Waals surface area contributed by atoms with Gasteiger partial charge in [0.05, 0.1) is 7.95 Å². The van der Waals surface area contributed by atoms with E-state index in [4.69, 9.17) is 26.9 Å². The van der Waals surface area contributed by atoms with Gasteiger partial charge in [-0.25, -0.2) is 0 Å². The molecule has 0 bridgehead atoms. The molecule has 0 spiro atoms. The lowest BCUT2D eigenvalue weighted by Gasteiger charge is -2.37. The zero-order valence-electron chi connectivity index (χ0n) is 7.11. The van der Waals surface area contributed by atoms with Crippen LogP contribution < -0.4 is 0 Å². The molecule has 2 unspecified atom stereocenters. The normalized spacial score (nSPS) is 53.1. The van der Waals surface area contributed by atoms with E-state index in [-0.39, 0.29) is 0 Å². The lowest BCUT2D eigenvalue weighted by atomic mass is 10.00. The summed E-state index contributed by atoms with van der Waals surface area (Å²) < 4.78 is 11.3. The fraction of sp³-hybridized carbons (Fsp3) is 1.00. The molecular formula is C6H12O6. The molecule has 1 rings (SSSR count). The van der Waals surface area contributed by atoms with E-state index in [1.54, 1.807) is 0 Å². The molecule has 72 valence electrons. The third kappa shape index (κ3) is 1.58. The van der Waals surface area contributed by atoms with Gasteiger partial charge in [0.25, 0.3) is 0 Å². The minimum Gasteiger partial charge on any atom is -0.394 e. The minimum absolute atomic E-state index is 1.42. The van der Waals surface area contributed by atoms with Crippen LogP contribution in [0, 0.1) is 0 Å². The third-order valence-corrected chi connectivity index (χ3v) is 1.77. The second-order valence-electron chi connectivity index (χ2n) is 2.61. The topological polar surface area (TPSA) is 110 Å². The van der Waals surface area contributed by atoms with Gasteiger partial charge < -0.3 is 30.3 Å². The van der Waals surface area contributed by atoms with Gasteiger partial charge in [-0.1, -0.05) is 0 Å². The molecule has 0 aromatic rings. The quantitative estimate of drug-likeness (QED) is 0.292. The Morgan fingerprint density at radius 1 is 1.08 bits per heavy atom. The first kappa shape index (κ1) is 8.36. The van der Waals surface area contributed by atoms with Gasteiger partial charge in [0.15, 0.2) is 6.29 Å². The Kier molecular flexibility index (Phi) is 2.54. The van der Waals surface area contributed by atoms with E-state index in [2.05, 4.69) is 4.74 Å². The molecule has 6 nitrogen and oxygen atoms in total. The van der Waals surface area contributed by atoms with Crippen LogP contribution in [-0.2, 0) is 4.74 Å². The molecule has 0 aromatic heterocycles. The van der Waals surface area contributed by atoms with Crippen molar-refractivity contribution in [1.29, 1.82) is 0 Å². The van der Waals surface area contributed by atoms with Crippen molar-refractivity contribution in [3.63, 3.8) is 0 Å². The smallest absolute Gasteiger partial charge is 0.184 e. The van der Waals surface area contributed by atoms with Crippen molar-refractivity contribution in [3.8, 4) is 0 Å². The van der Waals surface area contributed by atoms with Crippen molar-refractivity contribution in [1.82, 2.24) is 0 Å². The van der Waals surface area contributed by atoms with Gasteiger partial charge >= 0.3 is 0 Å². The van der Waals surface area contributed by atoms with Gasteiger partial charge in [0, 0.05) is 0 Å². The maximum Gasteiger partial charge on any atom is 0.184 e. The molecule has 12 heavy (non-hydrogen) atoms. The Hall–Kier alpha value is -0.240. The van der Waals surface area contributed by atoms with E-state index in [0.717, 1.165) is 0 Å².